The van der Waals surface area contributed by atoms with E-state index in [4.69, 9.17) is 0 Å². The second-order valence-electron chi connectivity index (χ2n) is 11.0. The molecule has 0 aromatic heterocycles. The van der Waals surface area contributed by atoms with Gasteiger partial charge in [0.1, 0.15) is 0 Å². The van der Waals surface area contributed by atoms with Gasteiger partial charge in [-0.1, -0.05) is 12.2 Å². The fraction of sp³-hybridized carbons (Fsp3) is 0.429. The first kappa shape index (κ1) is 27.8. The number of benzene rings is 3. The zero-order chi connectivity index (χ0) is 27.4. The van der Waals surface area contributed by atoms with Gasteiger partial charge in [-0.05, 0) is 187 Å². The summed E-state index contributed by atoms with van der Waals surface area (Å²) >= 11 is 0. The van der Waals surface area contributed by atoms with Gasteiger partial charge in [0.2, 0.25) is 0 Å². The number of hydrogen-bond donors (Lipinski definition) is 0. The molecule has 0 fully saturated rings. The van der Waals surface area contributed by atoms with Crippen LogP contribution < -0.4 is 4.90 Å². The van der Waals surface area contributed by atoms with Gasteiger partial charge in [0.05, 0.1) is 17.1 Å². The fourth-order valence-corrected chi connectivity index (χ4v) is 6.04. The molecule has 0 aliphatic rings. The van der Waals surface area contributed by atoms with Gasteiger partial charge in [0, 0.05) is 0 Å². The highest BCUT2D eigenvalue weighted by atomic mass is 15.2. The summed E-state index contributed by atoms with van der Waals surface area (Å²) in [5.74, 6) is 0. The predicted molar refractivity (Wildman–Crippen MR) is 162 cm³/mol. The summed E-state index contributed by atoms with van der Waals surface area (Å²) in [6.45, 7) is 34.3. The van der Waals surface area contributed by atoms with Gasteiger partial charge in [0.25, 0.3) is 0 Å². The molecule has 0 saturated carbocycles. The molecule has 0 aliphatic carbocycles. The molecule has 0 spiro atoms. The van der Waals surface area contributed by atoms with Crippen molar-refractivity contribution >= 4 is 23.1 Å². The number of rotatable bonds is 4. The maximum atomic E-state index is 2.64. The van der Waals surface area contributed by atoms with Crippen molar-refractivity contribution < 1.29 is 0 Å². The lowest BCUT2D eigenvalue weighted by Crippen LogP contribution is -2.21. The summed E-state index contributed by atoms with van der Waals surface area (Å²) in [7, 11) is 0. The minimum atomic E-state index is 1.33. The lowest BCUT2D eigenvalue weighted by Gasteiger charge is -2.37. The summed E-state index contributed by atoms with van der Waals surface area (Å²) in [4.78, 5) is 2.64. The summed E-state index contributed by atoms with van der Waals surface area (Å²) < 4.78 is 0. The molecule has 3 aromatic carbocycles. The van der Waals surface area contributed by atoms with E-state index in [-0.39, 0.29) is 0 Å². The van der Waals surface area contributed by atoms with Crippen molar-refractivity contribution in [3.05, 3.63) is 89.5 Å². The average Bonchev–Trinajstić information content (AvgIpc) is 2.85. The molecule has 3 aromatic rings. The van der Waals surface area contributed by atoms with Crippen LogP contribution in [0.25, 0.3) is 6.08 Å². The Morgan fingerprint density at radius 3 is 0.806 bits per heavy atom. The average molecular weight is 482 g/mol. The SMILES string of the molecule is C/C=C/c1c(C)c(C)c(N(c2c(C)c(C)c(C)c(C)c2C)c2c(C)c(C)c(C)c(C)c2C)c(C)c1C. The Morgan fingerprint density at radius 1 is 0.333 bits per heavy atom. The third-order valence-corrected chi connectivity index (χ3v) is 9.57. The maximum Gasteiger partial charge on any atom is 0.0526 e. The van der Waals surface area contributed by atoms with E-state index >= 15 is 0 Å². The molecule has 0 radical (unpaired) electrons. The zero-order valence-corrected chi connectivity index (χ0v) is 25.6. The van der Waals surface area contributed by atoms with E-state index < -0.39 is 0 Å². The molecule has 0 amide bonds. The second-order valence-corrected chi connectivity index (χ2v) is 11.0. The van der Waals surface area contributed by atoms with Crippen molar-refractivity contribution in [2.45, 2.75) is 104 Å². The van der Waals surface area contributed by atoms with Crippen LogP contribution in [0.4, 0.5) is 17.1 Å². The van der Waals surface area contributed by atoms with Crippen LogP contribution >= 0.6 is 0 Å². The Labute approximate surface area is 221 Å². The standard InChI is InChI=1S/C35H47N/c1-16-17-32-24(8)30(14)35(31(15)25(32)9)36(33-26(10)20(4)18(2)21(5)27(33)11)34-28(12)22(6)19(3)23(7)29(34)13/h16-17H,1-15H3/b17-16+. The minimum absolute atomic E-state index is 1.33. The van der Waals surface area contributed by atoms with Crippen molar-refractivity contribution in [3.8, 4) is 0 Å². The molecule has 0 saturated heterocycles. The fourth-order valence-electron chi connectivity index (χ4n) is 6.04. The van der Waals surface area contributed by atoms with E-state index in [0.717, 1.165) is 0 Å². The van der Waals surface area contributed by atoms with Gasteiger partial charge in [-0.3, -0.25) is 0 Å². The molecule has 1 heteroatoms. The van der Waals surface area contributed by atoms with Gasteiger partial charge in [0.15, 0.2) is 0 Å². The Kier molecular flexibility index (Phi) is 7.66. The molecular weight excluding hydrogens is 434 g/mol. The molecule has 0 aliphatic heterocycles. The number of hydrogen-bond acceptors (Lipinski definition) is 1. The predicted octanol–water partition coefficient (Wildman–Crippen LogP) is 10.5. The van der Waals surface area contributed by atoms with Crippen LogP contribution in [0.3, 0.4) is 0 Å². The largest absolute Gasteiger partial charge is 0.309 e. The van der Waals surface area contributed by atoms with E-state index in [9.17, 15) is 0 Å². The quantitative estimate of drug-likeness (QED) is 0.358. The van der Waals surface area contributed by atoms with Crippen LogP contribution in [0.1, 0.15) is 90.4 Å². The van der Waals surface area contributed by atoms with E-state index in [2.05, 4.69) is 121 Å². The highest BCUT2D eigenvalue weighted by Gasteiger charge is 2.29. The summed E-state index contributed by atoms with van der Waals surface area (Å²) in [6, 6.07) is 0. The van der Waals surface area contributed by atoms with Crippen molar-refractivity contribution in [1.82, 2.24) is 0 Å². The number of nitrogens with zero attached hydrogens (tertiary/aromatic N) is 1. The number of anilines is 3. The van der Waals surface area contributed by atoms with Crippen molar-refractivity contribution in [3.63, 3.8) is 0 Å². The van der Waals surface area contributed by atoms with Crippen LogP contribution in [0.15, 0.2) is 6.08 Å². The summed E-state index contributed by atoms with van der Waals surface area (Å²) in [5.41, 5.74) is 24.7. The van der Waals surface area contributed by atoms with Crippen molar-refractivity contribution in [1.29, 1.82) is 0 Å². The smallest absolute Gasteiger partial charge is 0.0526 e. The Hall–Kier alpha value is -2.80. The first-order chi connectivity index (χ1) is 16.7. The highest BCUT2D eigenvalue weighted by molar-refractivity contribution is 5.90. The van der Waals surface area contributed by atoms with Crippen LogP contribution in [-0.4, -0.2) is 0 Å². The Balaban J connectivity index is 2.68. The topological polar surface area (TPSA) is 3.24 Å². The second kappa shape index (κ2) is 9.92. The normalized spacial score (nSPS) is 11.6. The van der Waals surface area contributed by atoms with Crippen LogP contribution in [0.2, 0.25) is 0 Å². The van der Waals surface area contributed by atoms with Gasteiger partial charge in [-0.25, -0.2) is 0 Å². The van der Waals surface area contributed by atoms with E-state index in [1.165, 1.54) is 101 Å². The molecule has 0 bridgehead atoms. The zero-order valence-electron chi connectivity index (χ0n) is 25.6. The van der Waals surface area contributed by atoms with Gasteiger partial charge >= 0.3 is 0 Å². The minimum Gasteiger partial charge on any atom is -0.309 e. The van der Waals surface area contributed by atoms with E-state index in [0.29, 0.717) is 0 Å². The number of allylic oxidation sites excluding steroid dienone is 1. The molecule has 0 unspecified atom stereocenters. The molecule has 0 atom stereocenters. The molecule has 192 valence electrons. The van der Waals surface area contributed by atoms with Crippen LogP contribution in [0.5, 0.6) is 0 Å². The molecule has 3 rings (SSSR count). The van der Waals surface area contributed by atoms with Crippen LogP contribution in [-0.2, 0) is 0 Å². The lowest BCUT2D eigenvalue weighted by molar-refractivity contribution is 1.07. The van der Waals surface area contributed by atoms with Crippen LogP contribution in [0, 0.1) is 96.9 Å². The Morgan fingerprint density at radius 2 is 0.556 bits per heavy atom. The van der Waals surface area contributed by atoms with E-state index in [1.807, 2.05) is 0 Å². The van der Waals surface area contributed by atoms with Crippen molar-refractivity contribution in [2.24, 2.45) is 0 Å². The Bertz CT molecular complexity index is 1260. The van der Waals surface area contributed by atoms with Gasteiger partial charge < -0.3 is 4.90 Å². The first-order valence-corrected chi connectivity index (χ1v) is 13.4. The third-order valence-electron chi connectivity index (χ3n) is 9.57. The van der Waals surface area contributed by atoms with Crippen molar-refractivity contribution in [2.75, 3.05) is 4.90 Å². The van der Waals surface area contributed by atoms with Gasteiger partial charge in [-0.15, -0.1) is 0 Å². The van der Waals surface area contributed by atoms with E-state index in [1.54, 1.807) is 0 Å². The summed E-state index contributed by atoms with van der Waals surface area (Å²) in [6.07, 6.45) is 4.43. The van der Waals surface area contributed by atoms with Gasteiger partial charge in [-0.2, -0.15) is 0 Å². The molecule has 36 heavy (non-hydrogen) atoms. The molecule has 1 nitrogen and oxygen atoms in total. The summed E-state index contributed by atoms with van der Waals surface area (Å²) in [5, 5.41) is 0. The molecule has 0 N–H and O–H groups in total. The highest BCUT2D eigenvalue weighted by Crippen LogP contribution is 2.49. The molecular formula is C35H47N. The first-order valence-electron chi connectivity index (χ1n) is 13.4. The molecule has 0 heterocycles. The maximum absolute atomic E-state index is 2.64. The monoisotopic (exact) mass is 481 g/mol. The lowest BCUT2D eigenvalue weighted by atomic mass is 9.86. The third kappa shape index (κ3) is 4.01.